The molecule has 2 heterocycles. The van der Waals surface area contributed by atoms with Crippen molar-refractivity contribution in [2.75, 3.05) is 13.1 Å². The molecule has 7 heteroatoms. The summed E-state index contributed by atoms with van der Waals surface area (Å²) in [7, 11) is 0. The predicted molar refractivity (Wildman–Crippen MR) is 55.0 cm³/mol. The van der Waals surface area contributed by atoms with Gasteiger partial charge in [0.05, 0.1) is 12.7 Å². The molecule has 1 saturated heterocycles. The third kappa shape index (κ3) is 2.72. The first-order chi connectivity index (χ1) is 7.45. The lowest BCUT2D eigenvalue weighted by molar-refractivity contribution is -0.134. The minimum absolute atomic E-state index is 0.141. The Balaban J connectivity index is 1.98. The third-order valence-corrected chi connectivity index (χ3v) is 3.53. The van der Waals surface area contributed by atoms with Gasteiger partial charge in [0.1, 0.15) is 9.88 Å². The number of nitrogens with two attached hydrogens (primary N) is 1. The molecule has 16 heavy (non-hydrogen) atoms. The van der Waals surface area contributed by atoms with E-state index in [2.05, 4.69) is 4.98 Å². The zero-order valence-electron chi connectivity index (χ0n) is 8.50. The predicted octanol–water partition coefficient (Wildman–Crippen LogP) is 1.69. The molecule has 0 amide bonds. The maximum absolute atomic E-state index is 12.3. The normalized spacial score (nSPS) is 22.9. The van der Waals surface area contributed by atoms with Gasteiger partial charge >= 0.3 is 6.18 Å². The van der Waals surface area contributed by atoms with Gasteiger partial charge in [-0.15, -0.1) is 11.3 Å². The number of hydrogen-bond donors (Lipinski definition) is 1. The van der Waals surface area contributed by atoms with E-state index < -0.39 is 11.1 Å². The molecule has 3 nitrogen and oxygen atoms in total. The molecule has 2 N–H and O–H groups in total. The average Bonchev–Trinajstić information content (AvgIpc) is 2.74. The Labute approximate surface area is 95.1 Å². The maximum Gasteiger partial charge on any atom is 0.427 e. The van der Waals surface area contributed by atoms with Gasteiger partial charge in [-0.2, -0.15) is 13.2 Å². The van der Waals surface area contributed by atoms with E-state index in [1.807, 2.05) is 4.90 Å². The molecule has 1 fully saturated rings. The van der Waals surface area contributed by atoms with Gasteiger partial charge in [0.2, 0.25) is 0 Å². The second-order valence-corrected chi connectivity index (χ2v) is 5.02. The monoisotopic (exact) mass is 251 g/mol. The lowest BCUT2D eigenvalue weighted by atomic mass is 10.3. The Kier molecular flexibility index (Phi) is 3.18. The number of halogens is 3. The standard InChI is InChI=1S/C9H12F3N3S/c10-9(11,12)7-3-14-8(16-7)5-15-2-1-6(13)4-15/h3,6H,1-2,4-5,13H2/t6-/m0/s1. The van der Waals surface area contributed by atoms with Gasteiger partial charge in [-0.1, -0.05) is 0 Å². The summed E-state index contributed by atoms with van der Waals surface area (Å²) in [5, 5.41) is 0.501. The fourth-order valence-corrected chi connectivity index (χ4v) is 2.54. The van der Waals surface area contributed by atoms with E-state index in [1.165, 1.54) is 0 Å². The lowest BCUT2D eigenvalue weighted by Gasteiger charge is -2.12. The molecule has 90 valence electrons. The quantitative estimate of drug-likeness (QED) is 0.869. The van der Waals surface area contributed by atoms with Crippen LogP contribution in [-0.4, -0.2) is 29.0 Å². The van der Waals surface area contributed by atoms with E-state index in [-0.39, 0.29) is 6.04 Å². The molecule has 1 atom stereocenters. The Hall–Kier alpha value is -0.660. The summed E-state index contributed by atoms with van der Waals surface area (Å²) in [4.78, 5) is 5.19. The van der Waals surface area contributed by atoms with Crippen LogP contribution in [0.3, 0.4) is 0 Å². The SMILES string of the molecule is N[C@H]1CCN(Cc2ncc(C(F)(F)F)s2)C1. The van der Waals surface area contributed by atoms with Gasteiger partial charge in [0.15, 0.2) is 0 Å². The summed E-state index contributed by atoms with van der Waals surface area (Å²) in [6.45, 7) is 2.04. The summed E-state index contributed by atoms with van der Waals surface area (Å²) in [5.74, 6) is 0. The molecule has 1 aliphatic heterocycles. The fraction of sp³-hybridized carbons (Fsp3) is 0.667. The Bertz CT molecular complexity index is 363. The van der Waals surface area contributed by atoms with E-state index in [4.69, 9.17) is 5.73 Å². The molecule has 0 unspecified atom stereocenters. The number of alkyl halides is 3. The third-order valence-electron chi connectivity index (χ3n) is 2.50. The van der Waals surface area contributed by atoms with Crippen LogP contribution >= 0.6 is 11.3 Å². The smallest absolute Gasteiger partial charge is 0.326 e. The molecule has 1 aromatic rings. The van der Waals surface area contributed by atoms with Crippen LogP contribution in [0.15, 0.2) is 6.20 Å². The second-order valence-electron chi connectivity index (χ2n) is 3.90. The zero-order chi connectivity index (χ0) is 11.8. The van der Waals surface area contributed by atoms with E-state index in [9.17, 15) is 13.2 Å². The van der Waals surface area contributed by atoms with Crippen molar-refractivity contribution in [1.82, 2.24) is 9.88 Å². The number of thiazole rings is 1. The van der Waals surface area contributed by atoms with Crippen molar-refractivity contribution in [2.24, 2.45) is 5.73 Å². The van der Waals surface area contributed by atoms with Gasteiger partial charge in [0.25, 0.3) is 0 Å². The Morgan fingerprint density at radius 2 is 2.31 bits per heavy atom. The molecule has 2 rings (SSSR count). The molecular weight excluding hydrogens is 239 g/mol. The number of rotatable bonds is 2. The van der Waals surface area contributed by atoms with Gasteiger partial charge in [-0.05, 0) is 6.42 Å². The van der Waals surface area contributed by atoms with Crippen LogP contribution in [0.1, 0.15) is 16.3 Å². The van der Waals surface area contributed by atoms with Crippen molar-refractivity contribution >= 4 is 11.3 Å². The number of aromatic nitrogens is 1. The summed E-state index contributed by atoms with van der Waals surface area (Å²) < 4.78 is 36.9. The Morgan fingerprint density at radius 1 is 1.56 bits per heavy atom. The molecule has 1 aliphatic rings. The van der Waals surface area contributed by atoms with Gasteiger partial charge < -0.3 is 5.73 Å². The van der Waals surface area contributed by atoms with E-state index in [0.29, 0.717) is 22.9 Å². The molecule has 0 radical (unpaired) electrons. The van der Waals surface area contributed by atoms with Crippen LogP contribution in [-0.2, 0) is 12.7 Å². The largest absolute Gasteiger partial charge is 0.427 e. The highest BCUT2D eigenvalue weighted by Gasteiger charge is 2.33. The first kappa shape index (κ1) is 11.8. The van der Waals surface area contributed by atoms with Crippen molar-refractivity contribution < 1.29 is 13.2 Å². The molecule has 0 spiro atoms. The molecule has 0 saturated carbocycles. The van der Waals surface area contributed by atoms with Crippen molar-refractivity contribution in [2.45, 2.75) is 25.2 Å². The molecule has 0 aliphatic carbocycles. The minimum atomic E-state index is -4.28. The fourth-order valence-electron chi connectivity index (χ4n) is 1.71. The number of nitrogens with zero attached hydrogens (tertiary/aromatic N) is 2. The topological polar surface area (TPSA) is 42.1 Å². The lowest BCUT2D eigenvalue weighted by Crippen LogP contribution is -2.26. The van der Waals surface area contributed by atoms with Crippen molar-refractivity contribution in [3.63, 3.8) is 0 Å². The average molecular weight is 251 g/mol. The molecule has 0 bridgehead atoms. The maximum atomic E-state index is 12.3. The van der Waals surface area contributed by atoms with Crippen LogP contribution in [0.4, 0.5) is 13.2 Å². The van der Waals surface area contributed by atoms with Crippen LogP contribution in [0, 0.1) is 0 Å². The van der Waals surface area contributed by atoms with E-state index >= 15 is 0 Å². The highest BCUT2D eigenvalue weighted by Crippen LogP contribution is 2.33. The second kappa shape index (κ2) is 4.31. The van der Waals surface area contributed by atoms with Gasteiger partial charge in [-0.3, -0.25) is 4.90 Å². The Morgan fingerprint density at radius 3 is 2.81 bits per heavy atom. The zero-order valence-corrected chi connectivity index (χ0v) is 9.31. The van der Waals surface area contributed by atoms with E-state index in [1.54, 1.807) is 0 Å². The van der Waals surface area contributed by atoms with Crippen LogP contribution in [0.5, 0.6) is 0 Å². The first-order valence-electron chi connectivity index (χ1n) is 4.95. The summed E-state index contributed by atoms with van der Waals surface area (Å²) >= 11 is 0.709. The molecule has 1 aromatic heterocycles. The van der Waals surface area contributed by atoms with Crippen molar-refractivity contribution in [1.29, 1.82) is 0 Å². The van der Waals surface area contributed by atoms with Gasteiger partial charge in [0, 0.05) is 19.1 Å². The van der Waals surface area contributed by atoms with Crippen LogP contribution < -0.4 is 5.73 Å². The minimum Gasteiger partial charge on any atom is -0.326 e. The number of hydrogen-bond acceptors (Lipinski definition) is 4. The first-order valence-corrected chi connectivity index (χ1v) is 5.76. The van der Waals surface area contributed by atoms with Crippen LogP contribution in [0.2, 0.25) is 0 Å². The highest BCUT2D eigenvalue weighted by molar-refractivity contribution is 7.11. The van der Waals surface area contributed by atoms with Crippen LogP contribution in [0.25, 0.3) is 0 Å². The number of likely N-dealkylation sites (tertiary alicyclic amines) is 1. The summed E-state index contributed by atoms with van der Waals surface area (Å²) in [6.07, 6.45) is -2.48. The molecule has 0 aromatic carbocycles. The summed E-state index contributed by atoms with van der Waals surface area (Å²) in [5.41, 5.74) is 5.71. The molecular formula is C9H12F3N3S. The van der Waals surface area contributed by atoms with Crippen molar-refractivity contribution in [3.05, 3.63) is 16.1 Å². The van der Waals surface area contributed by atoms with Crippen molar-refractivity contribution in [3.8, 4) is 0 Å². The van der Waals surface area contributed by atoms with E-state index in [0.717, 1.165) is 25.7 Å². The van der Waals surface area contributed by atoms with Gasteiger partial charge in [-0.25, -0.2) is 4.98 Å². The summed E-state index contributed by atoms with van der Waals surface area (Å²) in [6, 6.07) is 0.141. The highest BCUT2D eigenvalue weighted by atomic mass is 32.1.